The molecule has 2 atom stereocenters. The van der Waals surface area contributed by atoms with Crippen molar-refractivity contribution in [2.75, 3.05) is 6.61 Å². The molecular weight excluding hydrogens is 221 g/mol. The third kappa shape index (κ3) is 2.05. The summed E-state index contributed by atoms with van der Waals surface area (Å²) in [6.07, 6.45) is 1.56. The molecule has 2 fully saturated rings. The average molecular weight is 235 g/mol. The lowest BCUT2D eigenvalue weighted by molar-refractivity contribution is -0.129. The average Bonchev–Trinajstić information content (AvgIpc) is 3.09. The van der Waals surface area contributed by atoms with E-state index in [1.54, 1.807) is 23.1 Å². The van der Waals surface area contributed by atoms with E-state index in [4.69, 9.17) is 4.74 Å². The summed E-state index contributed by atoms with van der Waals surface area (Å²) >= 11 is 0. The van der Waals surface area contributed by atoms with E-state index in [1.165, 1.54) is 6.07 Å². The van der Waals surface area contributed by atoms with Gasteiger partial charge >= 0.3 is 0 Å². The molecule has 0 aromatic heterocycles. The maximum absolute atomic E-state index is 13.5. The Bertz CT molecular complexity index is 445. The van der Waals surface area contributed by atoms with E-state index in [9.17, 15) is 9.18 Å². The van der Waals surface area contributed by atoms with Crippen LogP contribution >= 0.6 is 0 Å². The number of hydrogen-bond donors (Lipinski definition) is 0. The van der Waals surface area contributed by atoms with Crippen LogP contribution in [0.5, 0.6) is 0 Å². The van der Waals surface area contributed by atoms with Crippen LogP contribution in [-0.4, -0.2) is 29.6 Å². The predicted octanol–water partition coefficient (Wildman–Crippen LogP) is 1.72. The van der Waals surface area contributed by atoms with Crippen LogP contribution in [0.4, 0.5) is 4.39 Å². The Morgan fingerprint density at radius 2 is 2.18 bits per heavy atom. The fourth-order valence-corrected chi connectivity index (χ4v) is 2.44. The number of likely N-dealkylation sites (tertiary alicyclic amines) is 1. The topological polar surface area (TPSA) is 32.8 Å². The van der Waals surface area contributed by atoms with Crippen LogP contribution in [0.15, 0.2) is 24.3 Å². The van der Waals surface area contributed by atoms with E-state index >= 15 is 0 Å². The molecule has 0 saturated carbocycles. The zero-order chi connectivity index (χ0) is 11.8. The van der Waals surface area contributed by atoms with Gasteiger partial charge in [0, 0.05) is 18.5 Å². The summed E-state index contributed by atoms with van der Waals surface area (Å²) in [6.45, 7) is 1.09. The number of carbonyl (C=O) groups is 1. The summed E-state index contributed by atoms with van der Waals surface area (Å²) in [6, 6.07) is 6.75. The second-order valence-electron chi connectivity index (χ2n) is 4.59. The summed E-state index contributed by atoms with van der Waals surface area (Å²) in [5.41, 5.74) is 0.577. The Kier molecular flexibility index (Phi) is 2.59. The minimum atomic E-state index is -0.248. The highest BCUT2D eigenvalue weighted by atomic mass is 19.1. The van der Waals surface area contributed by atoms with Crippen molar-refractivity contribution in [3.63, 3.8) is 0 Å². The van der Waals surface area contributed by atoms with E-state index < -0.39 is 0 Å². The second-order valence-corrected chi connectivity index (χ2v) is 4.59. The number of hydrogen-bond acceptors (Lipinski definition) is 2. The van der Waals surface area contributed by atoms with E-state index in [0.717, 1.165) is 13.0 Å². The van der Waals surface area contributed by atoms with E-state index in [0.29, 0.717) is 18.5 Å². The quantitative estimate of drug-likeness (QED) is 0.747. The Morgan fingerprint density at radius 1 is 1.41 bits per heavy atom. The minimum absolute atomic E-state index is 0.105. The van der Waals surface area contributed by atoms with Gasteiger partial charge in [0.2, 0.25) is 5.91 Å². The number of amides is 1. The second kappa shape index (κ2) is 4.11. The highest BCUT2D eigenvalue weighted by molar-refractivity contribution is 5.79. The molecule has 2 aliphatic heterocycles. The van der Waals surface area contributed by atoms with Crippen LogP contribution in [0.25, 0.3) is 0 Å². The number of rotatable bonds is 3. The number of benzene rings is 1. The van der Waals surface area contributed by atoms with Gasteiger partial charge in [0.1, 0.15) is 11.9 Å². The lowest BCUT2D eigenvalue weighted by atomic mass is 10.1. The fourth-order valence-electron chi connectivity index (χ4n) is 2.44. The molecule has 2 heterocycles. The van der Waals surface area contributed by atoms with E-state index in [-0.39, 0.29) is 23.9 Å². The Morgan fingerprint density at radius 3 is 2.88 bits per heavy atom. The van der Waals surface area contributed by atoms with Gasteiger partial charge in [-0.25, -0.2) is 4.39 Å². The van der Waals surface area contributed by atoms with Crippen molar-refractivity contribution in [1.29, 1.82) is 0 Å². The first kappa shape index (κ1) is 10.7. The molecule has 0 bridgehead atoms. The van der Waals surface area contributed by atoms with E-state index in [1.807, 2.05) is 0 Å². The third-order valence-corrected chi connectivity index (χ3v) is 3.46. The molecule has 4 heteroatoms. The summed E-state index contributed by atoms with van der Waals surface area (Å²) < 4.78 is 18.8. The van der Waals surface area contributed by atoms with Crippen molar-refractivity contribution >= 4 is 5.91 Å². The molecule has 2 saturated heterocycles. The molecule has 90 valence electrons. The first-order chi connectivity index (χ1) is 8.25. The first-order valence-electron chi connectivity index (χ1n) is 5.90. The summed E-state index contributed by atoms with van der Waals surface area (Å²) in [5.74, 6) is -0.142. The summed E-state index contributed by atoms with van der Waals surface area (Å²) in [7, 11) is 0. The van der Waals surface area contributed by atoms with Crippen LogP contribution in [0.2, 0.25) is 0 Å². The largest absolute Gasteiger partial charge is 0.371 e. The summed E-state index contributed by atoms with van der Waals surface area (Å²) in [5, 5.41) is 0. The van der Waals surface area contributed by atoms with E-state index in [2.05, 4.69) is 0 Å². The number of epoxide rings is 1. The van der Waals surface area contributed by atoms with Gasteiger partial charge in [-0.2, -0.15) is 0 Å². The number of halogens is 1. The molecular formula is C13H14FNO2. The molecule has 2 aliphatic rings. The highest BCUT2D eigenvalue weighted by Crippen LogP contribution is 2.30. The third-order valence-electron chi connectivity index (χ3n) is 3.46. The Balaban J connectivity index is 1.78. The van der Waals surface area contributed by atoms with Gasteiger partial charge in [-0.3, -0.25) is 4.79 Å². The molecule has 17 heavy (non-hydrogen) atoms. The number of carbonyl (C=O) groups excluding carboxylic acids is 1. The van der Waals surface area contributed by atoms with Gasteiger partial charge in [0.05, 0.1) is 12.6 Å². The first-order valence-corrected chi connectivity index (χ1v) is 5.90. The molecule has 0 N–H and O–H groups in total. The Hall–Kier alpha value is -1.42. The maximum atomic E-state index is 13.5. The molecule has 0 spiro atoms. The normalized spacial score (nSPS) is 27.6. The van der Waals surface area contributed by atoms with Gasteiger partial charge in [0.15, 0.2) is 0 Å². The van der Waals surface area contributed by atoms with Gasteiger partial charge in [-0.1, -0.05) is 18.2 Å². The monoisotopic (exact) mass is 235 g/mol. The number of nitrogens with zero attached hydrogens (tertiary/aromatic N) is 1. The van der Waals surface area contributed by atoms with Gasteiger partial charge < -0.3 is 9.64 Å². The van der Waals surface area contributed by atoms with Crippen molar-refractivity contribution in [2.24, 2.45) is 0 Å². The van der Waals surface area contributed by atoms with Gasteiger partial charge in [0.25, 0.3) is 0 Å². The van der Waals surface area contributed by atoms with Crippen molar-refractivity contribution in [2.45, 2.75) is 31.5 Å². The fraction of sp³-hybridized carbons (Fsp3) is 0.462. The van der Waals surface area contributed by atoms with Crippen LogP contribution in [-0.2, 0) is 16.1 Å². The van der Waals surface area contributed by atoms with Crippen LogP contribution in [0.1, 0.15) is 18.4 Å². The lowest BCUT2D eigenvalue weighted by Gasteiger charge is -2.23. The van der Waals surface area contributed by atoms with Crippen molar-refractivity contribution in [3.8, 4) is 0 Å². The predicted molar refractivity (Wildman–Crippen MR) is 59.7 cm³/mol. The standard InChI is InChI=1S/C13H14FNO2/c14-10-4-2-1-3-9(10)7-15-11(12-8-17-12)5-6-13(15)16/h1-4,11-12H,5-8H2/t11-,12-/m0/s1. The Labute approximate surface area is 99.2 Å². The number of ether oxygens (including phenoxy) is 1. The molecule has 0 aliphatic carbocycles. The summed E-state index contributed by atoms with van der Waals surface area (Å²) in [4.78, 5) is 13.5. The molecule has 0 unspecified atom stereocenters. The molecule has 0 radical (unpaired) electrons. The molecule has 3 rings (SSSR count). The SMILES string of the molecule is O=C1CC[C@@H]([C@@H]2CO2)N1Cc1ccccc1F. The molecule has 1 amide bonds. The van der Waals surface area contributed by atoms with Crippen molar-refractivity contribution in [1.82, 2.24) is 4.90 Å². The van der Waals surface area contributed by atoms with Crippen LogP contribution in [0.3, 0.4) is 0 Å². The molecule has 1 aromatic carbocycles. The molecule has 1 aromatic rings. The zero-order valence-corrected chi connectivity index (χ0v) is 9.43. The maximum Gasteiger partial charge on any atom is 0.223 e. The highest BCUT2D eigenvalue weighted by Gasteiger charge is 2.42. The minimum Gasteiger partial charge on any atom is -0.371 e. The van der Waals surface area contributed by atoms with Crippen LogP contribution < -0.4 is 0 Å². The van der Waals surface area contributed by atoms with Crippen molar-refractivity contribution < 1.29 is 13.9 Å². The smallest absolute Gasteiger partial charge is 0.223 e. The van der Waals surface area contributed by atoms with Crippen molar-refractivity contribution in [3.05, 3.63) is 35.6 Å². The molecule has 3 nitrogen and oxygen atoms in total. The zero-order valence-electron chi connectivity index (χ0n) is 9.43. The van der Waals surface area contributed by atoms with Gasteiger partial charge in [-0.05, 0) is 12.5 Å². The van der Waals surface area contributed by atoms with Crippen LogP contribution in [0, 0.1) is 5.82 Å². The lowest BCUT2D eigenvalue weighted by Crippen LogP contribution is -2.36. The van der Waals surface area contributed by atoms with Gasteiger partial charge in [-0.15, -0.1) is 0 Å².